The van der Waals surface area contributed by atoms with Crippen LogP contribution in [0.5, 0.6) is 0 Å². The summed E-state index contributed by atoms with van der Waals surface area (Å²) in [6.45, 7) is 13.3. The lowest BCUT2D eigenvalue weighted by Gasteiger charge is -2.07. The predicted molar refractivity (Wildman–Crippen MR) is 133 cm³/mol. The predicted octanol–water partition coefficient (Wildman–Crippen LogP) is 8.39. The molecule has 0 aliphatic heterocycles. The monoisotopic (exact) mass is 408 g/mol. The summed E-state index contributed by atoms with van der Waals surface area (Å²) in [4.78, 5) is 0. The molecule has 0 radical (unpaired) electrons. The van der Waals surface area contributed by atoms with E-state index in [1.165, 1.54) is 33.4 Å². The topological polar surface area (TPSA) is 18.5 Å². The molecule has 0 saturated heterocycles. The zero-order valence-corrected chi connectivity index (χ0v) is 20.2. The van der Waals surface area contributed by atoms with E-state index in [9.17, 15) is 0 Å². The van der Waals surface area contributed by atoms with Crippen molar-refractivity contribution in [3.8, 4) is 22.3 Å². The fourth-order valence-corrected chi connectivity index (χ4v) is 2.78. The molecule has 0 aliphatic carbocycles. The first kappa shape index (κ1) is 27.6. The molecule has 3 aromatic rings. The minimum Gasteiger partial charge on any atom is -0.380 e. The third kappa shape index (κ3) is 8.94. The van der Waals surface area contributed by atoms with Crippen molar-refractivity contribution in [2.45, 2.75) is 54.8 Å². The highest BCUT2D eigenvalue weighted by atomic mass is 16.5. The number of hydrogen-bond donors (Lipinski definition) is 0. The zero-order valence-electron chi connectivity index (χ0n) is 20.2. The lowest BCUT2D eigenvalue weighted by molar-refractivity contribution is 0.185. The van der Waals surface area contributed by atoms with Gasteiger partial charge in [0.25, 0.3) is 0 Å². The second-order valence-corrected chi connectivity index (χ2v) is 5.84. The van der Waals surface area contributed by atoms with Crippen LogP contribution in [0, 0.1) is 0 Å². The molecule has 2 nitrogen and oxygen atoms in total. The van der Waals surface area contributed by atoms with Gasteiger partial charge in [-0.2, -0.15) is 0 Å². The molecule has 0 fully saturated rings. The Morgan fingerprint density at radius 2 is 0.600 bits per heavy atom. The maximum atomic E-state index is 5.15. The summed E-state index contributed by atoms with van der Waals surface area (Å²) >= 11 is 0. The summed E-state index contributed by atoms with van der Waals surface area (Å²) in [6.07, 6.45) is 0. The summed E-state index contributed by atoms with van der Waals surface area (Å²) in [5.74, 6) is 0. The fourth-order valence-electron chi connectivity index (χ4n) is 2.78. The number of methoxy groups -OCH3 is 2. The Balaban J connectivity index is 0.00000129. The lowest BCUT2D eigenvalue weighted by atomic mass is 9.99. The Kier molecular flexibility index (Phi) is 16.0. The molecule has 3 rings (SSSR count). The number of rotatable bonds is 6. The molecular weight excluding hydrogens is 368 g/mol. The maximum Gasteiger partial charge on any atom is 0.0713 e. The number of hydrogen-bond acceptors (Lipinski definition) is 2. The van der Waals surface area contributed by atoms with Crippen LogP contribution in [0.25, 0.3) is 22.3 Å². The zero-order chi connectivity index (χ0) is 22.8. The SMILES string of the molecule is CC.CC.CC.COCc1ccc(-c2ccc(-c3ccc(COC)cc3)cc2)cc1. The van der Waals surface area contributed by atoms with Gasteiger partial charge in [-0.3, -0.25) is 0 Å². The molecule has 0 amide bonds. The van der Waals surface area contributed by atoms with E-state index in [1.54, 1.807) is 14.2 Å². The van der Waals surface area contributed by atoms with Gasteiger partial charge in [-0.25, -0.2) is 0 Å². The molecular formula is C28H40O2. The van der Waals surface area contributed by atoms with Gasteiger partial charge in [-0.1, -0.05) is 114 Å². The molecule has 3 aromatic carbocycles. The lowest BCUT2D eigenvalue weighted by Crippen LogP contribution is -1.88. The van der Waals surface area contributed by atoms with Crippen molar-refractivity contribution in [3.63, 3.8) is 0 Å². The number of benzene rings is 3. The van der Waals surface area contributed by atoms with Gasteiger partial charge >= 0.3 is 0 Å². The molecule has 0 bridgehead atoms. The molecule has 0 N–H and O–H groups in total. The maximum absolute atomic E-state index is 5.15. The molecule has 30 heavy (non-hydrogen) atoms. The van der Waals surface area contributed by atoms with Crippen LogP contribution in [0.1, 0.15) is 52.7 Å². The summed E-state index contributed by atoms with van der Waals surface area (Å²) in [6, 6.07) is 25.7. The van der Waals surface area contributed by atoms with E-state index in [2.05, 4.69) is 72.8 Å². The van der Waals surface area contributed by atoms with Gasteiger partial charge in [-0.15, -0.1) is 0 Å². The highest BCUT2D eigenvalue weighted by molar-refractivity contribution is 5.70. The standard InChI is InChI=1S/C22H22O2.3C2H6/c1-23-15-17-3-7-19(8-4-17)21-11-13-22(14-12-21)20-9-5-18(6-10-20)16-24-2;3*1-2/h3-14H,15-16H2,1-2H3;3*1-2H3. The average Bonchev–Trinajstić information content (AvgIpc) is 2.85. The number of ether oxygens (including phenoxy) is 2. The Bertz CT molecular complexity index is 689. The Morgan fingerprint density at radius 1 is 0.400 bits per heavy atom. The van der Waals surface area contributed by atoms with Gasteiger partial charge in [0.1, 0.15) is 0 Å². The van der Waals surface area contributed by atoms with Crippen LogP contribution in [-0.4, -0.2) is 14.2 Å². The third-order valence-electron chi connectivity index (χ3n) is 4.08. The van der Waals surface area contributed by atoms with E-state index in [0.29, 0.717) is 13.2 Å². The van der Waals surface area contributed by atoms with E-state index in [1.807, 2.05) is 41.5 Å². The van der Waals surface area contributed by atoms with Crippen molar-refractivity contribution in [1.82, 2.24) is 0 Å². The first-order valence-electron chi connectivity index (χ1n) is 11.1. The van der Waals surface area contributed by atoms with Gasteiger partial charge in [0.05, 0.1) is 13.2 Å². The van der Waals surface area contributed by atoms with Crippen molar-refractivity contribution < 1.29 is 9.47 Å². The van der Waals surface area contributed by atoms with Crippen molar-refractivity contribution in [3.05, 3.63) is 83.9 Å². The molecule has 0 heterocycles. The van der Waals surface area contributed by atoms with Crippen molar-refractivity contribution in [2.75, 3.05) is 14.2 Å². The van der Waals surface area contributed by atoms with Gasteiger partial charge < -0.3 is 9.47 Å². The summed E-state index contributed by atoms with van der Waals surface area (Å²) in [5.41, 5.74) is 7.26. The second kappa shape index (κ2) is 17.4. The van der Waals surface area contributed by atoms with Crippen LogP contribution in [0.2, 0.25) is 0 Å². The molecule has 0 spiro atoms. The molecule has 2 heteroatoms. The van der Waals surface area contributed by atoms with E-state index in [4.69, 9.17) is 9.47 Å². The van der Waals surface area contributed by atoms with Crippen LogP contribution < -0.4 is 0 Å². The Hall–Kier alpha value is -2.42. The van der Waals surface area contributed by atoms with E-state index < -0.39 is 0 Å². The van der Waals surface area contributed by atoms with E-state index in [0.717, 1.165) is 0 Å². The van der Waals surface area contributed by atoms with Gasteiger partial charge in [0, 0.05) is 14.2 Å². The van der Waals surface area contributed by atoms with Crippen LogP contribution in [0.4, 0.5) is 0 Å². The average molecular weight is 409 g/mol. The summed E-state index contributed by atoms with van der Waals surface area (Å²) in [7, 11) is 3.43. The largest absolute Gasteiger partial charge is 0.380 e. The highest BCUT2D eigenvalue weighted by Crippen LogP contribution is 2.25. The van der Waals surface area contributed by atoms with Gasteiger partial charge in [0.2, 0.25) is 0 Å². The molecule has 0 atom stereocenters. The third-order valence-corrected chi connectivity index (χ3v) is 4.08. The van der Waals surface area contributed by atoms with E-state index >= 15 is 0 Å². The molecule has 0 aliphatic rings. The smallest absolute Gasteiger partial charge is 0.0713 e. The van der Waals surface area contributed by atoms with Crippen molar-refractivity contribution >= 4 is 0 Å². The van der Waals surface area contributed by atoms with Crippen molar-refractivity contribution in [1.29, 1.82) is 0 Å². The molecule has 0 unspecified atom stereocenters. The fraction of sp³-hybridized carbons (Fsp3) is 0.357. The molecule has 0 aromatic heterocycles. The molecule has 0 saturated carbocycles. The first-order chi connectivity index (χ1) is 14.8. The Morgan fingerprint density at radius 3 is 0.800 bits per heavy atom. The van der Waals surface area contributed by atoms with E-state index in [-0.39, 0.29) is 0 Å². The minimum absolute atomic E-state index is 0.651. The Labute approximate surface area is 184 Å². The summed E-state index contributed by atoms with van der Waals surface area (Å²) < 4.78 is 10.3. The molecule has 164 valence electrons. The van der Waals surface area contributed by atoms with Crippen LogP contribution in [-0.2, 0) is 22.7 Å². The first-order valence-corrected chi connectivity index (χ1v) is 11.1. The second-order valence-electron chi connectivity index (χ2n) is 5.84. The van der Waals surface area contributed by atoms with Crippen LogP contribution >= 0.6 is 0 Å². The van der Waals surface area contributed by atoms with Gasteiger partial charge in [0.15, 0.2) is 0 Å². The normalized spacial score (nSPS) is 9.20. The summed E-state index contributed by atoms with van der Waals surface area (Å²) in [5, 5.41) is 0. The van der Waals surface area contributed by atoms with Crippen LogP contribution in [0.15, 0.2) is 72.8 Å². The van der Waals surface area contributed by atoms with Gasteiger partial charge in [-0.05, 0) is 33.4 Å². The highest BCUT2D eigenvalue weighted by Gasteiger charge is 2.01. The minimum atomic E-state index is 0.651. The quantitative estimate of drug-likeness (QED) is 0.407. The van der Waals surface area contributed by atoms with Crippen molar-refractivity contribution in [2.24, 2.45) is 0 Å². The van der Waals surface area contributed by atoms with Crippen LogP contribution in [0.3, 0.4) is 0 Å².